The quantitative estimate of drug-likeness (QED) is 0.719. The van der Waals surface area contributed by atoms with Crippen molar-refractivity contribution in [3.8, 4) is 0 Å². The predicted molar refractivity (Wildman–Crippen MR) is 99.8 cm³/mol. The van der Waals surface area contributed by atoms with E-state index < -0.39 is 0 Å². The molecule has 5 heteroatoms. The SMILES string of the molecule is CSc1ccc(C2=C(C3CC3)SC3=NCCN32)c2sccc12. The molecule has 0 radical (unpaired) electrons. The summed E-state index contributed by atoms with van der Waals surface area (Å²) < 4.78 is 1.44. The van der Waals surface area contributed by atoms with Gasteiger partial charge in [-0.15, -0.1) is 23.1 Å². The second-order valence-corrected chi connectivity index (χ2v) is 8.66. The molecule has 2 aliphatic heterocycles. The Bertz CT molecular complexity index is 830. The lowest BCUT2D eigenvalue weighted by molar-refractivity contribution is 0.646. The number of rotatable bonds is 3. The summed E-state index contributed by atoms with van der Waals surface area (Å²) >= 11 is 5.65. The maximum atomic E-state index is 4.70. The third kappa shape index (κ3) is 1.92. The molecule has 0 unspecified atom stereocenters. The maximum absolute atomic E-state index is 4.70. The molecule has 2 nitrogen and oxygen atoms in total. The standard InChI is InChI=1S/C17H16N2S3/c1-20-13-5-4-12(16-11(13)6-9-21-16)14-15(10-2-3-10)22-17-18-7-8-19(14)17/h4-6,9-10H,2-3,7-8H2,1H3. The van der Waals surface area contributed by atoms with Crippen molar-refractivity contribution < 1.29 is 0 Å². The van der Waals surface area contributed by atoms with Crippen LogP contribution in [-0.4, -0.2) is 29.4 Å². The number of amidine groups is 1. The zero-order valence-electron chi connectivity index (χ0n) is 12.3. The van der Waals surface area contributed by atoms with Gasteiger partial charge >= 0.3 is 0 Å². The van der Waals surface area contributed by atoms with Gasteiger partial charge in [0, 0.05) is 32.0 Å². The van der Waals surface area contributed by atoms with Crippen molar-refractivity contribution in [1.29, 1.82) is 0 Å². The second kappa shape index (κ2) is 5.05. The van der Waals surface area contributed by atoms with E-state index in [9.17, 15) is 0 Å². The van der Waals surface area contributed by atoms with E-state index >= 15 is 0 Å². The number of thiophene rings is 1. The zero-order valence-corrected chi connectivity index (χ0v) is 14.8. The summed E-state index contributed by atoms with van der Waals surface area (Å²) in [5, 5.41) is 4.87. The number of allylic oxidation sites excluding steroid dienone is 1. The highest BCUT2D eigenvalue weighted by atomic mass is 32.2. The molecule has 0 amide bonds. The Morgan fingerprint density at radius 1 is 1.27 bits per heavy atom. The Morgan fingerprint density at radius 2 is 2.18 bits per heavy atom. The van der Waals surface area contributed by atoms with Crippen LogP contribution in [0.5, 0.6) is 0 Å². The van der Waals surface area contributed by atoms with E-state index in [0.717, 1.165) is 19.0 Å². The fraction of sp³-hybridized carbons (Fsp3) is 0.353. The van der Waals surface area contributed by atoms with Gasteiger partial charge < -0.3 is 4.90 Å². The molecule has 1 saturated carbocycles. The minimum Gasteiger partial charge on any atom is -0.318 e. The number of thioether (sulfide) groups is 2. The van der Waals surface area contributed by atoms with Crippen LogP contribution < -0.4 is 0 Å². The van der Waals surface area contributed by atoms with Crippen LogP contribution >= 0.6 is 34.9 Å². The number of fused-ring (bicyclic) bond motifs is 2. The molecule has 0 N–H and O–H groups in total. The summed E-state index contributed by atoms with van der Waals surface area (Å²) in [7, 11) is 0. The predicted octanol–water partition coefficient (Wildman–Crippen LogP) is 5.12. The molecular formula is C17H16N2S3. The second-order valence-electron chi connectivity index (χ2n) is 5.88. The fourth-order valence-corrected chi connectivity index (χ4v) is 6.26. The summed E-state index contributed by atoms with van der Waals surface area (Å²) in [5.41, 5.74) is 2.88. The first-order chi connectivity index (χ1) is 10.9. The highest BCUT2D eigenvalue weighted by molar-refractivity contribution is 8.17. The van der Waals surface area contributed by atoms with E-state index in [1.165, 1.54) is 44.3 Å². The van der Waals surface area contributed by atoms with E-state index in [0.29, 0.717) is 0 Å². The van der Waals surface area contributed by atoms with Crippen LogP contribution in [0.4, 0.5) is 0 Å². The van der Waals surface area contributed by atoms with E-state index in [-0.39, 0.29) is 0 Å². The first-order valence-corrected chi connectivity index (χ1v) is 10.6. The third-order valence-electron chi connectivity index (χ3n) is 4.51. The summed E-state index contributed by atoms with van der Waals surface area (Å²) in [5.74, 6) is 0.781. The lowest BCUT2D eigenvalue weighted by atomic mass is 10.1. The Kier molecular flexibility index (Phi) is 3.10. The molecule has 112 valence electrons. The smallest absolute Gasteiger partial charge is 0.168 e. The number of nitrogens with zero attached hydrogens (tertiary/aromatic N) is 2. The van der Waals surface area contributed by atoms with Gasteiger partial charge in [0.1, 0.15) is 0 Å². The lowest BCUT2D eigenvalue weighted by Gasteiger charge is -2.18. The van der Waals surface area contributed by atoms with E-state index in [4.69, 9.17) is 4.99 Å². The average molecular weight is 345 g/mol. The summed E-state index contributed by atoms with van der Waals surface area (Å²) in [6.45, 7) is 1.99. The molecule has 2 aromatic rings. The van der Waals surface area contributed by atoms with Crippen LogP contribution in [-0.2, 0) is 0 Å². The Morgan fingerprint density at radius 3 is 3.00 bits per heavy atom. The molecule has 1 fully saturated rings. The van der Waals surface area contributed by atoms with Crippen LogP contribution in [0.2, 0.25) is 0 Å². The summed E-state index contributed by atoms with van der Waals surface area (Å²) in [6.07, 6.45) is 4.87. The van der Waals surface area contributed by atoms with Gasteiger partial charge in [-0.25, -0.2) is 0 Å². The molecule has 5 rings (SSSR count). The molecule has 0 bridgehead atoms. The highest BCUT2D eigenvalue weighted by Gasteiger charge is 2.40. The summed E-state index contributed by atoms with van der Waals surface area (Å²) in [4.78, 5) is 10.1. The van der Waals surface area contributed by atoms with Crippen LogP contribution in [0, 0.1) is 5.92 Å². The molecule has 1 aliphatic carbocycles. The van der Waals surface area contributed by atoms with Gasteiger partial charge in [0.15, 0.2) is 5.17 Å². The maximum Gasteiger partial charge on any atom is 0.168 e. The molecule has 0 atom stereocenters. The van der Waals surface area contributed by atoms with Crippen molar-refractivity contribution in [1.82, 2.24) is 4.90 Å². The van der Waals surface area contributed by atoms with Crippen molar-refractivity contribution in [3.05, 3.63) is 34.0 Å². The average Bonchev–Trinajstić information content (AvgIpc) is 2.97. The van der Waals surface area contributed by atoms with Crippen molar-refractivity contribution in [2.24, 2.45) is 10.9 Å². The van der Waals surface area contributed by atoms with E-state index in [1.807, 2.05) is 34.9 Å². The zero-order chi connectivity index (χ0) is 14.7. The number of benzene rings is 1. The molecule has 3 heterocycles. The minimum atomic E-state index is 0.781. The third-order valence-corrected chi connectivity index (χ3v) is 7.53. The van der Waals surface area contributed by atoms with E-state index in [2.05, 4.69) is 34.7 Å². The number of aliphatic imine (C=N–C) groups is 1. The molecule has 3 aliphatic rings. The Hall–Kier alpha value is -0.910. The van der Waals surface area contributed by atoms with Crippen LogP contribution in [0.15, 0.2) is 38.4 Å². The fourth-order valence-electron chi connectivity index (χ4n) is 3.30. The highest BCUT2D eigenvalue weighted by Crippen LogP contribution is 2.53. The van der Waals surface area contributed by atoms with Crippen LogP contribution in [0.25, 0.3) is 15.8 Å². The largest absolute Gasteiger partial charge is 0.318 e. The first kappa shape index (κ1) is 13.5. The Labute approximate surface area is 142 Å². The van der Waals surface area contributed by atoms with Crippen molar-refractivity contribution in [2.75, 3.05) is 19.3 Å². The van der Waals surface area contributed by atoms with Gasteiger partial charge in [-0.05, 0) is 42.5 Å². The van der Waals surface area contributed by atoms with Crippen LogP contribution in [0.3, 0.4) is 0 Å². The molecular weight excluding hydrogens is 328 g/mol. The van der Waals surface area contributed by atoms with Crippen molar-refractivity contribution in [2.45, 2.75) is 17.7 Å². The molecule has 0 saturated heterocycles. The molecule has 1 aromatic heterocycles. The van der Waals surface area contributed by atoms with Crippen molar-refractivity contribution >= 4 is 55.8 Å². The van der Waals surface area contributed by atoms with Gasteiger partial charge in [0.05, 0.1) is 12.2 Å². The summed E-state index contributed by atoms with van der Waals surface area (Å²) in [6, 6.07) is 6.90. The Balaban J connectivity index is 1.74. The van der Waals surface area contributed by atoms with Gasteiger partial charge in [0.2, 0.25) is 0 Å². The van der Waals surface area contributed by atoms with Crippen LogP contribution in [0.1, 0.15) is 18.4 Å². The molecule has 22 heavy (non-hydrogen) atoms. The normalized spacial score (nSPS) is 21.0. The van der Waals surface area contributed by atoms with Gasteiger partial charge in [-0.3, -0.25) is 4.99 Å². The van der Waals surface area contributed by atoms with Gasteiger partial charge in [-0.2, -0.15) is 0 Å². The first-order valence-electron chi connectivity index (χ1n) is 7.65. The number of hydrogen-bond donors (Lipinski definition) is 0. The minimum absolute atomic E-state index is 0.781. The van der Waals surface area contributed by atoms with E-state index in [1.54, 1.807) is 4.91 Å². The monoisotopic (exact) mass is 344 g/mol. The lowest BCUT2D eigenvalue weighted by Crippen LogP contribution is -2.20. The topological polar surface area (TPSA) is 15.6 Å². The van der Waals surface area contributed by atoms with Crippen molar-refractivity contribution in [3.63, 3.8) is 0 Å². The van der Waals surface area contributed by atoms with Gasteiger partial charge in [-0.1, -0.05) is 17.8 Å². The molecule has 0 spiro atoms. The van der Waals surface area contributed by atoms with Gasteiger partial charge in [0.25, 0.3) is 0 Å². The number of hydrogen-bond acceptors (Lipinski definition) is 5. The molecule has 1 aromatic carbocycles.